The van der Waals surface area contributed by atoms with Crippen LogP contribution in [-0.2, 0) is 24.3 Å². The van der Waals surface area contributed by atoms with E-state index >= 15 is 0 Å². The molecule has 116 valence electrons. The number of esters is 1. The zero-order valence-electron chi connectivity index (χ0n) is 11.7. The van der Waals surface area contributed by atoms with Crippen LogP contribution in [0.15, 0.2) is 0 Å². The minimum atomic E-state index is -3.64. The summed E-state index contributed by atoms with van der Waals surface area (Å²) in [4.78, 5) is 11.2. The summed E-state index contributed by atoms with van der Waals surface area (Å²) in [6.45, 7) is 0.946. The highest BCUT2D eigenvalue weighted by molar-refractivity contribution is 7.89. The highest BCUT2D eigenvalue weighted by Crippen LogP contribution is 2.34. The van der Waals surface area contributed by atoms with Gasteiger partial charge in [-0.05, 0) is 25.7 Å². The fraction of sp³-hybridized carbons (Fsp3) is 0.917. The van der Waals surface area contributed by atoms with Gasteiger partial charge in [-0.2, -0.15) is 4.31 Å². The van der Waals surface area contributed by atoms with Crippen molar-refractivity contribution in [3.05, 3.63) is 0 Å². The van der Waals surface area contributed by atoms with Crippen molar-refractivity contribution in [1.82, 2.24) is 4.31 Å². The predicted molar refractivity (Wildman–Crippen MR) is 72.5 cm³/mol. The molecule has 2 rings (SSSR count). The average Bonchev–Trinajstić information content (AvgIpc) is 2.42. The first kappa shape index (κ1) is 15.7. The summed E-state index contributed by atoms with van der Waals surface area (Å²) >= 11 is 0. The van der Waals surface area contributed by atoms with E-state index in [-0.39, 0.29) is 12.6 Å². The first-order chi connectivity index (χ1) is 9.37. The Morgan fingerprint density at radius 2 is 2.10 bits per heavy atom. The second kappa shape index (κ2) is 5.97. The van der Waals surface area contributed by atoms with Crippen LogP contribution in [0.2, 0.25) is 0 Å². The Hall–Kier alpha value is -0.700. The Labute approximate surface area is 119 Å². The number of carbonyl (C=O) groups excluding carboxylic acids is 1. The van der Waals surface area contributed by atoms with Crippen molar-refractivity contribution < 1.29 is 22.7 Å². The van der Waals surface area contributed by atoms with Gasteiger partial charge in [0, 0.05) is 19.1 Å². The fourth-order valence-electron chi connectivity index (χ4n) is 2.82. The molecule has 0 amide bonds. The Morgan fingerprint density at radius 3 is 2.70 bits per heavy atom. The van der Waals surface area contributed by atoms with Crippen LogP contribution >= 0.6 is 0 Å². The molecule has 2 aliphatic rings. The summed E-state index contributed by atoms with van der Waals surface area (Å²) in [5, 5.41) is 0. The highest BCUT2D eigenvalue weighted by Gasteiger charge is 2.43. The van der Waals surface area contributed by atoms with Crippen molar-refractivity contribution in [1.29, 1.82) is 0 Å². The fourth-order valence-corrected chi connectivity index (χ4v) is 4.20. The first-order valence-electron chi connectivity index (χ1n) is 6.81. The number of ether oxygens (including phenoxy) is 2. The third-order valence-corrected chi connectivity index (χ3v) is 5.78. The van der Waals surface area contributed by atoms with Gasteiger partial charge in [-0.15, -0.1) is 0 Å². The smallest absolute Gasteiger partial charge is 0.322 e. The largest absolute Gasteiger partial charge is 0.468 e. The molecule has 0 unspecified atom stereocenters. The summed E-state index contributed by atoms with van der Waals surface area (Å²) in [5.41, 5.74) is 5.45. The van der Waals surface area contributed by atoms with Crippen LogP contribution in [0.4, 0.5) is 0 Å². The topological polar surface area (TPSA) is 98.9 Å². The van der Waals surface area contributed by atoms with E-state index in [1.54, 1.807) is 0 Å². The molecule has 1 heterocycles. The number of rotatable bonds is 3. The van der Waals surface area contributed by atoms with E-state index < -0.39 is 27.3 Å². The maximum atomic E-state index is 12.2. The Kier molecular flexibility index (Phi) is 4.68. The van der Waals surface area contributed by atoms with Gasteiger partial charge in [0.25, 0.3) is 0 Å². The number of nitrogens with two attached hydrogens (primary N) is 1. The van der Waals surface area contributed by atoms with E-state index in [4.69, 9.17) is 10.5 Å². The summed E-state index contributed by atoms with van der Waals surface area (Å²) < 4.78 is 36.0. The number of hydrogen-bond donors (Lipinski definition) is 1. The van der Waals surface area contributed by atoms with Gasteiger partial charge in [0.15, 0.2) is 5.75 Å². The van der Waals surface area contributed by atoms with E-state index in [1.807, 2.05) is 0 Å². The van der Waals surface area contributed by atoms with Crippen molar-refractivity contribution in [2.45, 2.75) is 37.3 Å². The Morgan fingerprint density at radius 1 is 1.45 bits per heavy atom. The molecule has 2 N–H and O–H groups in total. The molecule has 1 saturated carbocycles. The van der Waals surface area contributed by atoms with Crippen LogP contribution in [0.5, 0.6) is 0 Å². The lowest BCUT2D eigenvalue weighted by Crippen LogP contribution is -2.56. The summed E-state index contributed by atoms with van der Waals surface area (Å²) in [6.07, 6.45) is 3.20. The molecule has 0 aromatic carbocycles. The van der Waals surface area contributed by atoms with Gasteiger partial charge in [0.05, 0.1) is 19.3 Å². The number of methoxy groups -OCH3 is 1. The van der Waals surface area contributed by atoms with Gasteiger partial charge >= 0.3 is 5.97 Å². The summed E-state index contributed by atoms with van der Waals surface area (Å²) in [6, 6.07) is 0.172. The van der Waals surface area contributed by atoms with E-state index in [2.05, 4.69) is 4.74 Å². The van der Waals surface area contributed by atoms with Crippen LogP contribution < -0.4 is 5.73 Å². The van der Waals surface area contributed by atoms with Crippen molar-refractivity contribution in [2.75, 3.05) is 32.6 Å². The molecule has 0 aromatic rings. The molecular weight excluding hydrogens is 284 g/mol. The third kappa shape index (κ3) is 3.49. The Balaban J connectivity index is 2.05. The minimum absolute atomic E-state index is 0.172. The average molecular weight is 306 g/mol. The van der Waals surface area contributed by atoms with Gasteiger partial charge in [0.2, 0.25) is 10.0 Å². The van der Waals surface area contributed by atoms with Gasteiger partial charge in [-0.3, -0.25) is 4.79 Å². The minimum Gasteiger partial charge on any atom is -0.468 e. The first-order valence-corrected chi connectivity index (χ1v) is 8.42. The van der Waals surface area contributed by atoms with Crippen molar-refractivity contribution in [3.8, 4) is 0 Å². The zero-order valence-corrected chi connectivity index (χ0v) is 12.5. The van der Waals surface area contributed by atoms with Gasteiger partial charge in [0.1, 0.15) is 0 Å². The molecule has 0 aromatic heterocycles. The number of carbonyl (C=O) groups is 1. The number of hydrogen-bond acceptors (Lipinski definition) is 6. The summed E-state index contributed by atoms with van der Waals surface area (Å²) in [7, 11) is -2.45. The van der Waals surface area contributed by atoms with E-state index in [0.717, 1.165) is 25.7 Å². The SMILES string of the molecule is COC(=O)CS(=O)(=O)N1CCOC2(CCC(N)CC2)C1. The standard InChI is InChI=1S/C12H22N2O5S/c1-18-11(15)8-20(16,17)14-6-7-19-12(9-14)4-2-10(13)3-5-12/h10H,2-9,13H2,1H3. The van der Waals surface area contributed by atoms with Crippen molar-refractivity contribution in [3.63, 3.8) is 0 Å². The highest BCUT2D eigenvalue weighted by atomic mass is 32.2. The maximum absolute atomic E-state index is 12.2. The second-order valence-corrected chi connectivity index (χ2v) is 7.50. The quantitative estimate of drug-likeness (QED) is 0.703. The molecule has 7 nitrogen and oxygen atoms in total. The Bertz CT molecular complexity index is 456. The molecule has 1 aliphatic carbocycles. The zero-order chi connectivity index (χ0) is 14.8. The number of nitrogens with zero attached hydrogens (tertiary/aromatic N) is 1. The normalized spacial score (nSPS) is 32.2. The van der Waals surface area contributed by atoms with Crippen LogP contribution in [0.3, 0.4) is 0 Å². The number of morpholine rings is 1. The molecule has 20 heavy (non-hydrogen) atoms. The predicted octanol–water partition coefficient (Wildman–Crippen LogP) is -0.538. The molecule has 0 bridgehead atoms. The third-order valence-electron chi connectivity index (χ3n) is 4.08. The molecule has 1 saturated heterocycles. The maximum Gasteiger partial charge on any atom is 0.322 e. The van der Waals surface area contributed by atoms with Gasteiger partial charge in [-0.25, -0.2) is 8.42 Å². The summed E-state index contributed by atoms with van der Waals surface area (Å²) in [5.74, 6) is -1.35. The monoisotopic (exact) mass is 306 g/mol. The number of sulfonamides is 1. The molecular formula is C12H22N2O5S. The van der Waals surface area contributed by atoms with Gasteiger partial charge < -0.3 is 15.2 Å². The van der Waals surface area contributed by atoms with Crippen molar-refractivity contribution >= 4 is 16.0 Å². The molecule has 8 heteroatoms. The molecule has 2 fully saturated rings. The van der Waals surface area contributed by atoms with Crippen LogP contribution in [0, 0.1) is 0 Å². The molecule has 0 atom stereocenters. The lowest BCUT2D eigenvalue weighted by atomic mass is 9.81. The van der Waals surface area contributed by atoms with E-state index in [9.17, 15) is 13.2 Å². The van der Waals surface area contributed by atoms with Crippen LogP contribution in [-0.4, -0.2) is 62.9 Å². The molecule has 1 spiro atoms. The van der Waals surface area contributed by atoms with Crippen molar-refractivity contribution in [2.24, 2.45) is 5.73 Å². The van der Waals surface area contributed by atoms with E-state index in [0.29, 0.717) is 13.2 Å². The lowest BCUT2D eigenvalue weighted by Gasteiger charge is -2.45. The van der Waals surface area contributed by atoms with Crippen LogP contribution in [0.1, 0.15) is 25.7 Å². The van der Waals surface area contributed by atoms with Crippen LogP contribution in [0.25, 0.3) is 0 Å². The molecule has 1 aliphatic heterocycles. The molecule has 0 radical (unpaired) electrons. The second-order valence-electron chi connectivity index (χ2n) is 5.53. The lowest BCUT2D eigenvalue weighted by molar-refractivity contribution is -0.137. The van der Waals surface area contributed by atoms with E-state index in [1.165, 1.54) is 11.4 Å². The van der Waals surface area contributed by atoms with Gasteiger partial charge in [-0.1, -0.05) is 0 Å².